The zero-order chi connectivity index (χ0) is 22.8. The molecular weight excluding hydrogens is 441 g/mol. The molecule has 0 bridgehead atoms. The van der Waals surface area contributed by atoms with Crippen molar-refractivity contribution in [2.75, 3.05) is 18.4 Å². The maximum atomic E-state index is 12.2. The van der Waals surface area contributed by atoms with E-state index in [9.17, 15) is 14.4 Å². The lowest BCUT2D eigenvalue weighted by atomic mass is 10.2. The van der Waals surface area contributed by atoms with Crippen LogP contribution in [0, 0.1) is 0 Å². The van der Waals surface area contributed by atoms with E-state index in [0.29, 0.717) is 33.5 Å². The van der Waals surface area contributed by atoms with Gasteiger partial charge in [-0.25, -0.2) is 0 Å². The van der Waals surface area contributed by atoms with Crippen molar-refractivity contribution in [2.24, 2.45) is 0 Å². The first-order valence-electron chi connectivity index (χ1n) is 9.87. The van der Waals surface area contributed by atoms with E-state index >= 15 is 0 Å². The molecule has 0 heterocycles. The van der Waals surface area contributed by atoms with E-state index in [1.165, 1.54) is 6.07 Å². The van der Waals surface area contributed by atoms with Crippen LogP contribution in [0.1, 0.15) is 37.0 Å². The lowest BCUT2D eigenvalue weighted by molar-refractivity contribution is -0.127. The molecule has 31 heavy (non-hydrogen) atoms. The molecule has 0 aliphatic rings. The van der Waals surface area contributed by atoms with Crippen LogP contribution in [0.5, 0.6) is 5.75 Å². The van der Waals surface area contributed by atoms with Crippen LogP contribution in [0.2, 0.25) is 10.0 Å². The molecule has 0 saturated carbocycles. The van der Waals surface area contributed by atoms with Crippen LogP contribution in [0.15, 0.2) is 42.5 Å². The van der Waals surface area contributed by atoms with E-state index in [1.807, 2.05) is 6.92 Å². The minimum Gasteiger partial charge on any atom is -0.479 e. The molecule has 0 radical (unpaired) electrons. The van der Waals surface area contributed by atoms with Gasteiger partial charge in [0.05, 0.1) is 5.02 Å². The Morgan fingerprint density at radius 1 is 1.00 bits per heavy atom. The fraction of sp³-hybridized carbons (Fsp3) is 0.318. The van der Waals surface area contributed by atoms with Crippen LogP contribution in [0.3, 0.4) is 0 Å². The predicted molar refractivity (Wildman–Crippen MR) is 122 cm³/mol. The first-order chi connectivity index (χ1) is 14.8. The van der Waals surface area contributed by atoms with Gasteiger partial charge in [-0.15, -0.1) is 0 Å². The molecule has 0 fully saturated rings. The summed E-state index contributed by atoms with van der Waals surface area (Å²) in [5.41, 5.74) is 1.09. The lowest BCUT2D eigenvalue weighted by Crippen LogP contribution is -2.40. The van der Waals surface area contributed by atoms with E-state index in [0.717, 1.165) is 6.42 Å². The second-order valence-corrected chi connectivity index (χ2v) is 7.60. The van der Waals surface area contributed by atoms with Gasteiger partial charge in [0, 0.05) is 35.8 Å². The van der Waals surface area contributed by atoms with E-state index in [-0.39, 0.29) is 30.8 Å². The molecule has 0 aliphatic heterocycles. The highest BCUT2D eigenvalue weighted by Gasteiger charge is 2.16. The van der Waals surface area contributed by atoms with E-state index in [2.05, 4.69) is 16.0 Å². The number of rotatable bonds is 10. The Bertz CT molecular complexity index is 919. The van der Waals surface area contributed by atoms with Crippen LogP contribution < -0.4 is 20.7 Å². The molecule has 1 unspecified atom stereocenters. The van der Waals surface area contributed by atoms with Crippen molar-refractivity contribution < 1.29 is 19.1 Å². The standard InChI is InChI=1S/C22H25Cl2N3O4/c1-3-4-20(28)27-17-8-5-15(6-9-17)22(30)26-12-11-25-21(29)14(2)31-19-10-7-16(23)13-18(19)24/h5-10,13-14H,3-4,11-12H2,1-2H3,(H,25,29)(H,26,30)(H,27,28). The Morgan fingerprint density at radius 3 is 2.32 bits per heavy atom. The van der Waals surface area contributed by atoms with Crippen molar-refractivity contribution >= 4 is 46.6 Å². The predicted octanol–water partition coefficient (Wildman–Crippen LogP) is 4.05. The van der Waals surface area contributed by atoms with Crippen LogP contribution in [-0.2, 0) is 9.59 Å². The molecule has 7 nitrogen and oxygen atoms in total. The lowest BCUT2D eigenvalue weighted by Gasteiger charge is -2.16. The third-order valence-corrected chi connectivity index (χ3v) is 4.72. The molecule has 3 N–H and O–H groups in total. The zero-order valence-electron chi connectivity index (χ0n) is 17.3. The molecule has 9 heteroatoms. The van der Waals surface area contributed by atoms with Crippen LogP contribution in [0.25, 0.3) is 0 Å². The zero-order valence-corrected chi connectivity index (χ0v) is 18.8. The van der Waals surface area contributed by atoms with Crippen molar-refractivity contribution in [3.63, 3.8) is 0 Å². The van der Waals surface area contributed by atoms with Crippen molar-refractivity contribution in [1.82, 2.24) is 10.6 Å². The highest BCUT2D eigenvalue weighted by atomic mass is 35.5. The van der Waals surface area contributed by atoms with Crippen molar-refractivity contribution in [1.29, 1.82) is 0 Å². The number of carbonyl (C=O) groups is 3. The van der Waals surface area contributed by atoms with Gasteiger partial charge in [-0.1, -0.05) is 30.1 Å². The van der Waals surface area contributed by atoms with Crippen LogP contribution in [-0.4, -0.2) is 36.9 Å². The van der Waals surface area contributed by atoms with Gasteiger partial charge in [0.1, 0.15) is 5.75 Å². The number of halogens is 2. The monoisotopic (exact) mass is 465 g/mol. The summed E-state index contributed by atoms with van der Waals surface area (Å²) in [5.74, 6) is -0.325. The summed E-state index contributed by atoms with van der Waals surface area (Å²) in [7, 11) is 0. The number of amides is 3. The number of nitrogens with one attached hydrogen (secondary N) is 3. The summed E-state index contributed by atoms with van der Waals surface area (Å²) < 4.78 is 5.54. The van der Waals surface area contributed by atoms with E-state index in [1.54, 1.807) is 43.3 Å². The Balaban J connectivity index is 1.73. The maximum absolute atomic E-state index is 12.2. The highest BCUT2D eigenvalue weighted by molar-refractivity contribution is 6.35. The van der Waals surface area contributed by atoms with Crippen LogP contribution in [0.4, 0.5) is 5.69 Å². The molecule has 2 aromatic rings. The Labute approximate surface area is 191 Å². The molecule has 0 saturated heterocycles. The topological polar surface area (TPSA) is 96.5 Å². The van der Waals surface area contributed by atoms with Crippen molar-refractivity contribution in [3.05, 3.63) is 58.1 Å². The normalized spacial score (nSPS) is 11.4. The van der Waals surface area contributed by atoms with Gasteiger partial charge >= 0.3 is 0 Å². The number of anilines is 1. The first kappa shape index (κ1) is 24.5. The summed E-state index contributed by atoms with van der Waals surface area (Å²) in [6.45, 7) is 4.00. The number of benzene rings is 2. The summed E-state index contributed by atoms with van der Waals surface area (Å²) in [6.07, 6.45) is 0.442. The van der Waals surface area contributed by atoms with Gasteiger partial charge in [-0.05, 0) is 55.8 Å². The quantitative estimate of drug-likeness (QED) is 0.461. The van der Waals surface area contributed by atoms with Gasteiger partial charge in [0.15, 0.2) is 6.10 Å². The molecule has 0 spiro atoms. The number of hydrogen-bond acceptors (Lipinski definition) is 4. The van der Waals surface area contributed by atoms with Gasteiger partial charge in [0.2, 0.25) is 5.91 Å². The second kappa shape index (κ2) is 12.2. The summed E-state index contributed by atoms with van der Waals surface area (Å²) in [4.78, 5) is 36.0. The maximum Gasteiger partial charge on any atom is 0.260 e. The fourth-order valence-corrected chi connectivity index (χ4v) is 3.03. The van der Waals surface area contributed by atoms with Crippen molar-refractivity contribution in [3.8, 4) is 5.75 Å². The van der Waals surface area contributed by atoms with Gasteiger partial charge in [0.25, 0.3) is 11.8 Å². The molecule has 166 valence electrons. The first-order valence-corrected chi connectivity index (χ1v) is 10.6. The van der Waals surface area contributed by atoms with Gasteiger partial charge < -0.3 is 20.7 Å². The smallest absolute Gasteiger partial charge is 0.260 e. The summed E-state index contributed by atoms with van der Waals surface area (Å²) in [5, 5.41) is 8.96. The third-order valence-electron chi connectivity index (χ3n) is 4.18. The molecule has 0 aliphatic carbocycles. The van der Waals surface area contributed by atoms with E-state index in [4.69, 9.17) is 27.9 Å². The molecule has 1 atom stereocenters. The largest absolute Gasteiger partial charge is 0.479 e. The fourth-order valence-electron chi connectivity index (χ4n) is 2.58. The van der Waals surface area contributed by atoms with Gasteiger partial charge in [-0.2, -0.15) is 0 Å². The average molecular weight is 466 g/mol. The number of hydrogen-bond donors (Lipinski definition) is 3. The van der Waals surface area contributed by atoms with Gasteiger partial charge in [-0.3, -0.25) is 14.4 Å². The second-order valence-electron chi connectivity index (χ2n) is 6.76. The molecule has 3 amide bonds. The average Bonchev–Trinajstić information content (AvgIpc) is 2.73. The number of carbonyl (C=O) groups excluding carboxylic acids is 3. The molecule has 2 rings (SSSR count). The third kappa shape index (κ3) is 8.11. The Kier molecular flexibility index (Phi) is 9.62. The van der Waals surface area contributed by atoms with Crippen LogP contribution >= 0.6 is 23.2 Å². The number of ether oxygens (including phenoxy) is 1. The van der Waals surface area contributed by atoms with Crippen molar-refractivity contribution in [2.45, 2.75) is 32.8 Å². The minimum absolute atomic E-state index is 0.0630. The SMILES string of the molecule is CCCC(=O)Nc1ccc(C(=O)NCCNC(=O)C(C)Oc2ccc(Cl)cc2Cl)cc1. The highest BCUT2D eigenvalue weighted by Crippen LogP contribution is 2.28. The molecule has 0 aromatic heterocycles. The Hall–Kier alpha value is -2.77. The Morgan fingerprint density at radius 2 is 1.68 bits per heavy atom. The molecular formula is C22H25Cl2N3O4. The molecule has 2 aromatic carbocycles. The summed E-state index contributed by atoms with van der Waals surface area (Å²) in [6, 6.07) is 11.3. The minimum atomic E-state index is -0.773. The van der Waals surface area contributed by atoms with E-state index < -0.39 is 6.10 Å². The summed E-state index contributed by atoms with van der Waals surface area (Å²) >= 11 is 11.9.